The minimum Gasteiger partial charge on any atom is -0.469 e. The molecule has 0 aliphatic carbocycles. The molecule has 0 aliphatic heterocycles. The molecule has 0 fully saturated rings. The predicted molar refractivity (Wildman–Crippen MR) is 92.2 cm³/mol. The summed E-state index contributed by atoms with van der Waals surface area (Å²) in [5.74, 6) is -0.245. The molecule has 1 unspecified atom stereocenters. The fourth-order valence-corrected chi connectivity index (χ4v) is 3.57. The number of carbonyl (C=O) groups excluding carboxylic acids is 2. The number of methoxy groups -OCH3 is 2. The number of ketones is 1. The summed E-state index contributed by atoms with van der Waals surface area (Å²) in [6, 6.07) is 5.60. The van der Waals surface area contributed by atoms with Gasteiger partial charge in [-0.05, 0) is 39.5 Å². The number of benzene rings is 1. The number of fused-ring (bicyclic) bond motifs is 1. The second-order valence-corrected chi connectivity index (χ2v) is 6.97. The minimum absolute atomic E-state index is 0.0698. The zero-order chi connectivity index (χ0) is 17.0. The van der Waals surface area contributed by atoms with Crippen LogP contribution in [0.1, 0.15) is 23.0 Å². The van der Waals surface area contributed by atoms with Crippen LogP contribution in [0, 0.1) is 5.92 Å². The average molecular weight is 401 g/mol. The highest BCUT2D eigenvalue weighted by atomic mass is 79.9. The number of ether oxygens (including phenoxy) is 3. The van der Waals surface area contributed by atoms with Crippen LogP contribution in [-0.4, -0.2) is 32.8 Å². The molecule has 7 heteroatoms. The van der Waals surface area contributed by atoms with E-state index < -0.39 is 5.92 Å². The van der Waals surface area contributed by atoms with Crippen LogP contribution < -0.4 is 4.74 Å². The van der Waals surface area contributed by atoms with Crippen LogP contribution in [0.2, 0.25) is 0 Å². The van der Waals surface area contributed by atoms with Crippen LogP contribution in [0.5, 0.6) is 5.75 Å². The average Bonchev–Trinajstić information content (AvgIpc) is 2.94. The van der Waals surface area contributed by atoms with Gasteiger partial charge in [-0.15, -0.1) is 11.3 Å². The Hall–Kier alpha value is -1.44. The lowest BCUT2D eigenvalue weighted by molar-refractivity contribution is -0.144. The van der Waals surface area contributed by atoms with Crippen molar-refractivity contribution in [3.8, 4) is 5.75 Å². The van der Waals surface area contributed by atoms with Gasteiger partial charge in [0.2, 0.25) is 0 Å². The monoisotopic (exact) mass is 400 g/mol. The van der Waals surface area contributed by atoms with Crippen molar-refractivity contribution < 1.29 is 23.8 Å². The lowest BCUT2D eigenvalue weighted by Gasteiger charge is -2.06. The van der Waals surface area contributed by atoms with Crippen molar-refractivity contribution >= 4 is 49.1 Å². The largest absolute Gasteiger partial charge is 0.469 e. The highest BCUT2D eigenvalue weighted by Crippen LogP contribution is 2.35. The molecule has 1 atom stereocenters. The van der Waals surface area contributed by atoms with E-state index in [2.05, 4.69) is 20.7 Å². The molecule has 0 saturated heterocycles. The first-order chi connectivity index (χ1) is 11.0. The summed E-state index contributed by atoms with van der Waals surface area (Å²) >= 11 is 4.82. The summed E-state index contributed by atoms with van der Waals surface area (Å²) in [6.07, 6.45) is 0.133. The maximum atomic E-state index is 12.3. The smallest absolute Gasteiger partial charge is 0.308 e. The molecule has 124 valence electrons. The quantitative estimate of drug-likeness (QED) is 0.398. The second-order valence-electron chi connectivity index (χ2n) is 5.03. The van der Waals surface area contributed by atoms with E-state index in [1.807, 2.05) is 18.2 Å². The van der Waals surface area contributed by atoms with Crippen molar-refractivity contribution in [2.75, 3.05) is 21.0 Å². The Labute approximate surface area is 146 Å². The summed E-state index contributed by atoms with van der Waals surface area (Å²) in [7, 11) is 2.87. The van der Waals surface area contributed by atoms with Gasteiger partial charge >= 0.3 is 5.97 Å². The summed E-state index contributed by atoms with van der Waals surface area (Å²) in [5, 5.41) is 0.945. The van der Waals surface area contributed by atoms with E-state index in [1.165, 1.54) is 18.4 Å². The van der Waals surface area contributed by atoms with Gasteiger partial charge in [0.1, 0.15) is 5.75 Å². The lowest BCUT2D eigenvalue weighted by atomic mass is 10.0. The second kappa shape index (κ2) is 7.90. The Morgan fingerprint density at radius 1 is 1.26 bits per heavy atom. The van der Waals surface area contributed by atoms with Gasteiger partial charge in [0, 0.05) is 18.2 Å². The van der Waals surface area contributed by atoms with Crippen LogP contribution in [0.15, 0.2) is 22.7 Å². The number of Topliss-reactive ketones (excluding diaryl/α,β-unsaturated/α-hetero) is 1. The number of carbonyl (C=O) groups is 2. The number of hydrogen-bond acceptors (Lipinski definition) is 6. The number of esters is 1. The molecular weight excluding hydrogens is 384 g/mol. The van der Waals surface area contributed by atoms with Crippen LogP contribution in [0.25, 0.3) is 10.1 Å². The van der Waals surface area contributed by atoms with E-state index in [1.54, 1.807) is 14.0 Å². The first kappa shape index (κ1) is 17.9. The Kier molecular flexibility index (Phi) is 6.15. The third-order valence-corrected chi connectivity index (χ3v) is 5.03. The molecule has 2 aromatic rings. The lowest BCUT2D eigenvalue weighted by Crippen LogP contribution is -2.16. The van der Waals surface area contributed by atoms with Gasteiger partial charge in [-0.3, -0.25) is 9.59 Å². The third-order valence-electron chi connectivity index (χ3n) is 3.27. The number of hydrogen-bond donors (Lipinski definition) is 0. The molecule has 0 saturated carbocycles. The molecule has 1 heterocycles. The SMILES string of the molecule is COCOc1cc2sc(C(=O)CC(C)C(=O)OC)cc2cc1Br. The first-order valence-corrected chi connectivity index (χ1v) is 8.53. The first-order valence-electron chi connectivity index (χ1n) is 6.92. The summed E-state index contributed by atoms with van der Waals surface area (Å²) in [6.45, 7) is 1.84. The Morgan fingerprint density at radius 3 is 2.65 bits per heavy atom. The molecule has 0 radical (unpaired) electrons. The summed E-state index contributed by atoms with van der Waals surface area (Å²) in [5.41, 5.74) is 0. The maximum Gasteiger partial charge on any atom is 0.308 e. The van der Waals surface area contributed by atoms with Crippen molar-refractivity contribution in [3.63, 3.8) is 0 Å². The third kappa shape index (κ3) is 4.31. The van der Waals surface area contributed by atoms with Crippen molar-refractivity contribution in [3.05, 3.63) is 27.5 Å². The van der Waals surface area contributed by atoms with Gasteiger partial charge < -0.3 is 14.2 Å². The van der Waals surface area contributed by atoms with E-state index in [0.717, 1.165) is 14.6 Å². The number of rotatable bonds is 7. The fourth-order valence-electron chi connectivity index (χ4n) is 2.07. The highest BCUT2D eigenvalue weighted by molar-refractivity contribution is 9.10. The van der Waals surface area contributed by atoms with Crippen molar-refractivity contribution in [1.82, 2.24) is 0 Å². The van der Waals surface area contributed by atoms with Crippen LogP contribution in [-0.2, 0) is 14.3 Å². The van der Waals surface area contributed by atoms with Gasteiger partial charge in [-0.25, -0.2) is 0 Å². The van der Waals surface area contributed by atoms with Crippen molar-refractivity contribution in [2.24, 2.45) is 5.92 Å². The fraction of sp³-hybridized carbons (Fsp3) is 0.375. The molecule has 1 aromatic carbocycles. The molecule has 0 spiro atoms. The van der Waals surface area contributed by atoms with Gasteiger partial charge in [0.05, 0.1) is 22.4 Å². The molecule has 1 aromatic heterocycles. The van der Waals surface area contributed by atoms with Crippen LogP contribution >= 0.6 is 27.3 Å². The Morgan fingerprint density at radius 2 is 2.00 bits per heavy atom. The Bertz CT molecular complexity index is 725. The predicted octanol–water partition coefficient (Wildman–Crippen LogP) is 4.03. The van der Waals surface area contributed by atoms with E-state index in [0.29, 0.717) is 10.6 Å². The minimum atomic E-state index is -0.454. The van der Waals surface area contributed by atoms with E-state index in [9.17, 15) is 9.59 Å². The molecule has 0 aliphatic rings. The molecule has 0 amide bonds. The van der Waals surface area contributed by atoms with E-state index >= 15 is 0 Å². The molecule has 2 rings (SSSR count). The molecule has 0 bridgehead atoms. The van der Waals surface area contributed by atoms with E-state index in [-0.39, 0.29) is 25.0 Å². The van der Waals surface area contributed by atoms with Gasteiger partial charge in [-0.1, -0.05) is 6.92 Å². The van der Waals surface area contributed by atoms with Crippen molar-refractivity contribution in [1.29, 1.82) is 0 Å². The molecule has 23 heavy (non-hydrogen) atoms. The van der Waals surface area contributed by atoms with Gasteiger partial charge in [0.25, 0.3) is 0 Å². The van der Waals surface area contributed by atoms with Crippen LogP contribution in [0.3, 0.4) is 0 Å². The highest BCUT2D eigenvalue weighted by Gasteiger charge is 2.20. The number of thiophene rings is 1. The Balaban J connectivity index is 2.22. The summed E-state index contributed by atoms with van der Waals surface area (Å²) < 4.78 is 16.7. The topological polar surface area (TPSA) is 61.8 Å². The standard InChI is InChI=1S/C16H17BrO5S/c1-9(16(19)21-3)4-12(18)15-6-10-5-11(17)13(22-8-20-2)7-14(10)23-15/h5-7,9H,4,8H2,1-3H3. The van der Waals surface area contributed by atoms with Gasteiger partial charge in [-0.2, -0.15) is 0 Å². The summed E-state index contributed by atoms with van der Waals surface area (Å²) in [4.78, 5) is 24.4. The zero-order valence-electron chi connectivity index (χ0n) is 13.1. The molecule has 5 nitrogen and oxygen atoms in total. The van der Waals surface area contributed by atoms with E-state index in [4.69, 9.17) is 9.47 Å². The maximum absolute atomic E-state index is 12.3. The van der Waals surface area contributed by atoms with Crippen LogP contribution in [0.4, 0.5) is 0 Å². The normalized spacial score (nSPS) is 12.2. The van der Waals surface area contributed by atoms with Crippen molar-refractivity contribution in [2.45, 2.75) is 13.3 Å². The molecule has 0 N–H and O–H groups in total. The van der Waals surface area contributed by atoms with Gasteiger partial charge in [0.15, 0.2) is 12.6 Å². The zero-order valence-corrected chi connectivity index (χ0v) is 15.5. The number of halogens is 1. The molecular formula is C16H17BrO5S.